The van der Waals surface area contributed by atoms with Crippen LogP contribution in [-0.4, -0.2) is 46.5 Å². The summed E-state index contributed by atoms with van der Waals surface area (Å²) in [4.78, 5) is 35.8. The second kappa shape index (κ2) is 28.3. The third-order valence-corrected chi connectivity index (χ3v) is 9.67. The van der Waals surface area contributed by atoms with Crippen molar-refractivity contribution >= 4 is 39.4 Å². The molecule has 8 heteroatoms. The van der Waals surface area contributed by atoms with Gasteiger partial charge in [-0.15, -0.1) is 0 Å². The average Bonchev–Trinajstić information content (AvgIpc) is 3.51. The minimum atomic E-state index is -1.03. The molecule has 43 heavy (non-hydrogen) atoms. The quantitative estimate of drug-likeness (QED) is 0.0531. The van der Waals surface area contributed by atoms with Crippen molar-refractivity contribution in [3.63, 3.8) is 0 Å². The molecule has 0 aromatic rings. The number of hydrogen-bond donors (Lipinski definition) is 3. The van der Waals surface area contributed by atoms with Gasteiger partial charge < -0.3 is 15.7 Å². The topological polar surface area (TPSA) is 95.5 Å². The SMILES string of the molecule is CCC=CCC=CCC=CCC=CCC=CCC=CCCC(=O)NCCCC(NC(=O)CCCCC1CCSS1)C(=O)O. The zero-order valence-electron chi connectivity index (χ0n) is 26.1. The summed E-state index contributed by atoms with van der Waals surface area (Å²) in [7, 11) is 3.86. The maximum atomic E-state index is 12.2. The number of carbonyl (C=O) groups excluding carboxylic acids is 2. The molecule has 2 amide bonds. The van der Waals surface area contributed by atoms with Crippen LogP contribution in [0.1, 0.15) is 103 Å². The number of aliphatic carboxylic acids is 1. The van der Waals surface area contributed by atoms with E-state index in [1.807, 2.05) is 27.7 Å². The smallest absolute Gasteiger partial charge is 0.326 e. The van der Waals surface area contributed by atoms with Crippen LogP contribution >= 0.6 is 21.6 Å². The molecular weight excluding hydrogens is 577 g/mol. The summed E-state index contributed by atoms with van der Waals surface area (Å²) in [5.74, 6) is -0.0766. The van der Waals surface area contributed by atoms with E-state index in [2.05, 4.69) is 84.4 Å². The zero-order chi connectivity index (χ0) is 31.2. The van der Waals surface area contributed by atoms with Gasteiger partial charge in [-0.05, 0) is 77.0 Å². The molecule has 0 aliphatic carbocycles. The van der Waals surface area contributed by atoms with E-state index in [1.54, 1.807) is 0 Å². The molecule has 3 N–H and O–H groups in total. The van der Waals surface area contributed by atoms with Crippen molar-refractivity contribution in [3.8, 4) is 0 Å². The van der Waals surface area contributed by atoms with Crippen LogP contribution in [0.4, 0.5) is 0 Å². The van der Waals surface area contributed by atoms with Crippen molar-refractivity contribution in [2.45, 2.75) is 115 Å². The van der Waals surface area contributed by atoms with Crippen LogP contribution in [0.2, 0.25) is 0 Å². The van der Waals surface area contributed by atoms with E-state index in [0.717, 1.165) is 57.8 Å². The number of rotatable bonds is 25. The molecule has 0 radical (unpaired) electrons. The predicted octanol–water partition coefficient (Wildman–Crippen LogP) is 8.64. The molecule has 2 unspecified atom stereocenters. The molecular formula is C35H54N2O4S2. The van der Waals surface area contributed by atoms with Gasteiger partial charge in [-0.2, -0.15) is 0 Å². The fourth-order valence-corrected chi connectivity index (χ4v) is 7.25. The summed E-state index contributed by atoms with van der Waals surface area (Å²) < 4.78 is 0. The molecule has 1 aliphatic rings. The fourth-order valence-electron chi connectivity index (χ4n) is 4.22. The first-order valence-electron chi connectivity index (χ1n) is 16.0. The molecule has 0 saturated carbocycles. The Kier molecular flexibility index (Phi) is 25.4. The van der Waals surface area contributed by atoms with Gasteiger partial charge in [0.1, 0.15) is 6.04 Å². The minimum Gasteiger partial charge on any atom is -0.480 e. The predicted molar refractivity (Wildman–Crippen MR) is 186 cm³/mol. The first kappa shape index (κ1) is 38.6. The van der Waals surface area contributed by atoms with Crippen LogP contribution < -0.4 is 10.6 Å². The summed E-state index contributed by atoms with van der Waals surface area (Å²) >= 11 is 0. The minimum absolute atomic E-state index is 0.0470. The number of hydrogen-bond acceptors (Lipinski definition) is 5. The van der Waals surface area contributed by atoms with Crippen molar-refractivity contribution in [2.75, 3.05) is 12.3 Å². The number of nitrogens with one attached hydrogen (secondary N) is 2. The first-order chi connectivity index (χ1) is 21.0. The number of amides is 2. The van der Waals surface area contributed by atoms with E-state index in [0.29, 0.717) is 43.9 Å². The lowest BCUT2D eigenvalue weighted by Crippen LogP contribution is -2.41. The highest BCUT2D eigenvalue weighted by Crippen LogP contribution is 2.39. The van der Waals surface area contributed by atoms with Crippen molar-refractivity contribution in [1.82, 2.24) is 10.6 Å². The van der Waals surface area contributed by atoms with E-state index in [1.165, 1.54) is 12.2 Å². The second-order valence-electron chi connectivity index (χ2n) is 10.5. The van der Waals surface area contributed by atoms with Gasteiger partial charge in [-0.25, -0.2) is 4.79 Å². The van der Waals surface area contributed by atoms with Gasteiger partial charge in [0.05, 0.1) is 0 Å². The largest absolute Gasteiger partial charge is 0.480 e. The number of unbranched alkanes of at least 4 members (excludes halogenated alkanes) is 1. The normalized spacial score (nSPS) is 16.5. The van der Waals surface area contributed by atoms with E-state index in [9.17, 15) is 19.5 Å². The highest BCUT2D eigenvalue weighted by atomic mass is 33.1. The number of carboxylic acids is 1. The second-order valence-corrected chi connectivity index (χ2v) is 13.3. The van der Waals surface area contributed by atoms with Crippen LogP contribution in [0.15, 0.2) is 72.9 Å². The fraction of sp³-hybridized carbons (Fsp3) is 0.571. The molecule has 0 bridgehead atoms. The Morgan fingerprint density at radius 1 is 0.767 bits per heavy atom. The Morgan fingerprint density at radius 3 is 1.88 bits per heavy atom. The molecule has 0 spiro atoms. The summed E-state index contributed by atoms with van der Waals surface area (Å²) in [5, 5.41) is 15.6. The Hall–Kier alpha value is -2.45. The third kappa shape index (κ3) is 24.7. The summed E-state index contributed by atoms with van der Waals surface area (Å²) in [6.07, 6.45) is 38.0. The van der Waals surface area contributed by atoms with E-state index in [-0.39, 0.29) is 11.8 Å². The Balaban J connectivity index is 2.02. The average molecular weight is 631 g/mol. The lowest BCUT2D eigenvalue weighted by atomic mass is 10.1. The first-order valence-corrected chi connectivity index (χ1v) is 18.4. The van der Waals surface area contributed by atoms with Crippen molar-refractivity contribution in [1.29, 1.82) is 0 Å². The van der Waals surface area contributed by atoms with Gasteiger partial charge in [0.25, 0.3) is 0 Å². The summed E-state index contributed by atoms with van der Waals surface area (Å²) in [6.45, 7) is 2.55. The standard InChI is InChI=1S/C35H54N2O4S2/c1-2-3-4-5-6-7-8-9-10-11-12-13-14-15-16-17-18-19-20-26-33(38)36-29-23-25-32(35(40)41)37-34(39)27-22-21-24-31-28-30-42-43-31/h3-4,6-7,9-10,12-13,15-16,18-19,31-32H,2,5,8,11,14,17,20-30H2,1H3,(H,36,38)(H,37,39)(H,40,41). The van der Waals surface area contributed by atoms with E-state index in [4.69, 9.17) is 0 Å². The van der Waals surface area contributed by atoms with Gasteiger partial charge in [-0.3, -0.25) is 9.59 Å². The lowest BCUT2D eigenvalue weighted by molar-refractivity contribution is -0.142. The highest BCUT2D eigenvalue weighted by Gasteiger charge is 2.20. The van der Waals surface area contributed by atoms with Gasteiger partial charge in [-0.1, -0.05) is 108 Å². The van der Waals surface area contributed by atoms with Crippen LogP contribution in [0, 0.1) is 0 Å². The molecule has 1 heterocycles. The molecule has 0 aromatic heterocycles. The lowest BCUT2D eigenvalue weighted by Gasteiger charge is -2.15. The van der Waals surface area contributed by atoms with Crippen molar-refractivity contribution in [2.24, 2.45) is 0 Å². The van der Waals surface area contributed by atoms with Crippen LogP contribution in [0.3, 0.4) is 0 Å². The number of carbonyl (C=O) groups is 3. The zero-order valence-corrected chi connectivity index (χ0v) is 27.7. The van der Waals surface area contributed by atoms with Gasteiger partial charge >= 0.3 is 5.97 Å². The monoisotopic (exact) mass is 630 g/mol. The maximum absolute atomic E-state index is 12.2. The molecule has 240 valence electrons. The van der Waals surface area contributed by atoms with Crippen molar-refractivity contribution < 1.29 is 19.5 Å². The van der Waals surface area contributed by atoms with Crippen molar-refractivity contribution in [3.05, 3.63) is 72.9 Å². The number of carboxylic acid groups (broad SMARTS) is 1. The molecule has 6 nitrogen and oxygen atoms in total. The molecule has 1 aliphatic heterocycles. The van der Waals surface area contributed by atoms with Gasteiger partial charge in [0.2, 0.25) is 11.8 Å². The van der Waals surface area contributed by atoms with E-state index < -0.39 is 12.0 Å². The van der Waals surface area contributed by atoms with Crippen LogP contribution in [-0.2, 0) is 14.4 Å². The molecule has 2 atom stereocenters. The summed E-state index contributed by atoms with van der Waals surface area (Å²) in [6, 6.07) is -0.912. The Morgan fingerprint density at radius 2 is 1.35 bits per heavy atom. The van der Waals surface area contributed by atoms with Gasteiger partial charge in [0.15, 0.2) is 0 Å². The highest BCUT2D eigenvalue weighted by molar-refractivity contribution is 8.77. The molecule has 1 fully saturated rings. The molecule has 1 rings (SSSR count). The molecule has 1 saturated heterocycles. The van der Waals surface area contributed by atoms with Crippen LogP contribution in [0.5, 0.6) is 0 Å². The summed E-state index contributed by atoms with van der Waals surface area (Å²) in [5.41, 5.74) is 0. The molecule has 0 aromatic carbocycles. The van der Waals surface area contributed by atoms with Gasteiger partial charge in [0, 0.05) is 30.4 Å². The van der Waals surface area contributed by atoms with Crippen LogP contribution in [0.25, 0.3) is 0 Å². The Labute approximate surface area is 268 Å². The maximum Gasteiger partial charge on any atom is 0.326 e. The Bertz CT molecular complexity index is 934. The van der Waals surface area contributed by atoms with E-state index >= 15 is 0 Å². The third-order valence-electron chi connectivity index (χ3n) is 6.67. The number of allylic oxidation sites excluding steroid dienone is 12.